The molecule has 0 aromatic carbocycles. The predicted molar refractivity (Wildman–Crippen MR) is 179 cm³/mol. The van der Waals surface area contributed by atoms with Gasteiger partial charge in [-0.15, -0.1) is 0 Å². The van der Waals surface area contributed by atoms with Gasteiger partial charge in [-0.3, -0.25) is 0 Å². The zero-order valence-corrected chi connectivity index (χ0v) is 30.2. The van der Waals surface area contributed by atoms with Gasteiger partial charge in [0.05, 0.1) is 11.4 Å². The van der Waals surface area contributed by atoms with Gasteiger partial charge in [0.2, 0.25) is 0 Å². The monoisotopic (exact) mass is 658 g/mol. The van der Waals surface area contributed by atoms with Crippen LogP contribution in [0.1, 0.15) is 65.2 Å². The first-order valence-electron chi connectivity index (χ1n) is 15.6. The van der Waals surface area contributed by atoms with E-state index in [0.29, 0.717) is 0 Å². The third kappa shape index (κ3) is 9.32. The van der Waals surface area contributed by atoms with E-state index >= 15 is 0 Å². The molecule has 0 amide bonds. The fourth-order valence-corrected chi connectivity index (χ4v) is 9.77. The summed E-state index contributed by atoms with van der Waals surface area (Å²) < 4.78 is 33.3. The van der Waals surface area contributed by atoms with Crippen LogP contribution in [-0.2, 0) is 36.2 Å². The minimum atomic E-state index is -2.60. The Bertz CT molecular complexity index is 1200. The van der Waals surface area contributed by atoms with Crippen LogP contribution in [0.4, 0.5) is 0 Å². The minimum Gasteiger partial charge on any atom is -0.377 e. The molecule has 0 spiro atoms. The molecule has 2 aliphatic heterocycles. The molecule has 0 radical (unpaired) electrons. The zero-order chi connectivity index (χ0) is 32.5. The number of oxime groups is 2. The average Bonchev–Trinajstić information content (AvgIpc) is 3.05. The molecule has 10 nitrogen and oxygen atoms in total. The van der Waals surface area contributed by atoms with Crippen LogP contribution in [0.5, 0.6) is 0 Å². The van der Waals surface area contributed by atoms with Crippen LogP contribution in [0.3, 0.4) is 0 Å². The summed E-state index contributed by atoms with van der Waals surface area (Å²) in [5, 5.41) is 8.70. The first-order chi connectivity index (χ1) is 21.6. The molecular formula is C33H50N2O8Si2. The lowest BCUT2D eigenvalue weighted by Gasteiger charge is -2.31. The maximum absolute atomic E-state index is 5.77. The van der Waals surface area contributed by atoms with Crippen LogP contribution in [0.2, 0.25) is 12.1 Å². The van der Waals surface area contributed by atoms with Gasteiger partial charge in [-0.1, -0.05) is 47.5 Å². The van der Waals surface area contributed by atoms with Crippen LogP contribution >= 0.6 is 0 Å². The van der Waals surface area contributed by atoms with Gasteiger partial charge in [0, 0.05) is 65.9 Å². The number of allylic oxidation sites excluding steroid dienone is 10. The van der Waals surface area contributed by atoms with Crippen molar-refractivity contribution < 1.29 is 36.2 Å². The van der Waals surface area contributed by atoms with Crippen molar-refractivity contribution in [2.75, 3.05) is 42.7 Å². The van der Waals surface area contributed by atoms with E-state index in [1.165, 1.54) is 22.3 Å². The largest absolute Gasteiger partial charge is 0.500 e. The van der Waals surface area contributed by atoms with E-state index in [1.807, 2.05) is 0 Å². The lowest BCUT2D eigenvalue weighted by atomic mass is 9.76. The Morgan fingerprint density at radius 2 is 1.00 bits per heavy atom. The van der Waals surface area contributed by atoms with Crippen molar-refractivity contribution in [2.24, 2.45) is 15.7 Å². The van der Waals surface area contributed by atoms with E-state index < -0.39 is 17.6 Å². The SMILES string of the molecule is CO[Si](CCCC1=NOC2=CC=C(CC(C)(C)CC3=CC=C4ON=C(CCC[Si](OC)(OC)OC)C=C4C3)CC2=C1)(OC)OC. The second-order valence-corrected chi connectivity index (χ2v) is 18.7. The van der Waals surface area contributed by atoms with Gasteiger partial charge in [0.1, 0.15) is 0 Å². The normalized spacial score (nSPS) is 18.5. The molecule has 4 aliphatic rings. The molecule has 45 heavy (non-hydrogen) atoms. The summed E-state index contributed by atoms with van der Waals surface area (Å²) in [6.07, 6.45) is 19.8. The summed E-state index contributed by atoms with van der Waals surface area (Å²) in [5.74, 6) is 1.67. The standard InChI is InChI=1S/C33H50N2O8Si2/c1-33(2,23-25-13-15-31-27(19-25)21-29(34-42-31)11-9-17-44(36-3,37-4)38-5)24-26-14-16-32-28(20-26)22-30(35-43-32)12-10-18-45(39-6,40-7)41-8/h13-16,21-22H,9-12,17-20,23-24H2,1-8H3. The predicted octanol–water partition coefficient (Wildman–Crippen LogP) is 7.16. The Morgan fingerprint density at radius 1 is 0.622 bits per heavy atom. The van der Waals surface area contributed by atoms with E-state index in [-0.39, 0.29) is 5.41 Å². The first-order valence-corrected chi connectivity index (χ1v) is 19.5. The molecule has 0 N–H and O–H groups in total. The lowest BCUT2D eigenvalue weighted by Crippen LogP contribution is -2.42. The van der Waals surface area contributed by atoms with Crippen molar-refractivity contribution in [1.82, 2.24) is 0 Å². The Morgan fingerprint density at radius 3 is 1.36 bits per heavy atom. The van der Waals surface area contributed by atoms with Crippen molar-refractivity contribution in [2.45, 2.75) is 77.3 Å². The second-order valence-electron chi connectivity index (χ2n) is 12.6. The summed E-state index contributed by atoms with van der Waals surface area (Å²) in [6, 6.07) is 1.45. The van der Waals surface area contributed by atoms with E-state index in [4.69, 9.17) is 36.2 Å². The molecule has 2 heterocycles. The molecule has 0 aromatic heterocycles. The number of hydrogen-bond donors (Lipinski definition) is 0. The Labute approximate surface area is 270 Å². The summed E-state index contributed by atoms with van der Waals surface area (Å²) in [5.41, 5.74) is 7.12. The highest BCUT2D eigenvalue weighted by Crippen LogP contribution is 2.41. The third-order valence-corrected chi connectivity index (χ3v) is 14.4. The highest BCUT2D eigenvalue weighted by molar-refractivity contribution is 6.60. The van der Waals surface area contributed by atoms with Gasteiger partial charge in [0.15, 0.2) is 11.5 Å². The molecule has 248 valence electrons. The molecule has 0 unspecified atom stereocenters. The molecule has 0 aromatic rings. The molecular weight excluding hydrogens is 609 g/mol. The van der Waals surface area contributed by atoms with Crippen LogP contribution in [-0.4, -0.2) is 71.7 Å². The molecule has 0 atom stereocenters. The van der Waals surface area contributed by atoms with Crippen LogP contribution < -0.4 is 0 Å². The molecule has 0 saturated heterocycles. The van der Waals surface area contributed by atoms with Crippen LogP contribution in [0.15, 0.2) is 80.6 Å². The Kier molecular flexibility index (Phi) is 12.5. The molecule has 4 rings (SSSR count). The van der Waals surface area contributed by atoms with Crippen molar-refractivity contribution in [1.29, 1.82) is 0 Å². The smallest absolute Gasteiger partial charge is 0.377 e. The van der Waals surface area contributed by atoms with E-state index in [9.17, 15) is 0 Å². The van der Waals surface area contributed by atoms with Gasteiger partial charge in [-0.25, -0.2) is 0 Å². The average molecular weight is 659 g/mol. The molecule has 0 bridgehead atoms. The van der Waals surface area contributed by atoms with Crippen molar-refractivity contribution in [3.8, 4) is 0 Å². The Balaban J connectivity index is 1.29. The fraction of sp³-hybridized carbons (Fsp3) is 0.576. The second kappa shape index (κ2) is 15.9. The summed E-state index contributed by atoms with van der Waals surface area (Å²) in [4.78, 5) is 11.5. The molecule has 2 aliphatic carbocycles. The van der Waals surface area contributed by atoms with Crippen molar-refractivity contribution >= 4 is 29.0 Å². The molecule has 0 saturated carbocycles. The summed E-state index contributed by atoms with van der Waals surface area (Å²) in [7, 11) is 4.67. The van der Waals surface area contributed by atoms with Crippen molar-refractivity contribution in [3.05, 3.63) is 70.3 Å². The fourth-order valence-electron chi connectivity index (χ4n) is 6.33. The molecule has 0 fully saturated rings. The highest BCUT2D eigenvalue weighted by Gasteiger charge is 2.38. The number of hydrogen-bond acceptors (Lipinski definition) is 10. The lowest BCUT2D eigenvalue weighted by molar-refractivity contribution is 0.122. The van der Waals surface area contributed by atoms with Crippen LogP contribution in [0, 0.1) is 5.41 Å². The van der Waals surface area contributed by atoms with Gasteiger partial charge in [-0.2, -0.15) is 0 Å². The van der Waals surface area contributed by atoms with Gasteiger partial charge >= 0.3 is 17.6 Å². The Hall–Kier alpha value is -2.43. The summed E-state index contributed by atoms with van der Waals surface area (Å²) in [6.45, 7) is 4.69. The zero-order valence-electron chi connectivity index (χ0n) is 28.2. The summed E-state index contributed by atoms with van der Waals surface area (Å²) >= 11 is 0. The van der Waals surface area contributed by atoms with E-state index in [1.54, 1.807) is 42.7 Å². The van der Waals surface area contributed by atoms with Crippen molar-refractivity contribution in [3.63, 3.8) is 0 Å². The van der Waals surface area contributed by atoms with Gasteiger partial charge in [0.25, 0.3) is 0 Å². The molecule has 12 heteroatoms. The quantitative estimate of drug-likeness (QED) is 0.143. The number of rotatable bonds is 18. The number of fused-ring (bicyclic) bond motifs is 2. The number of nitrogens with zero attached hydrogens (tertiary/aromatic N) is 2. The highest BCUT2D eigenvalue weighted by atomic mass is 28.4. The van der Waals surface area contributed by atoms with Gasteiger partial charge in [-0.05, 0) is 81.1 Å². The van der Waals surface area contributed by atoms with E-state index in [2.05, 4.69) is 60.6 Å². The topological polar surface area (TPSA) is 98.6 Å². The van der Waals surface area contributed by atoms with Crippen LogP contribution in [0.25, 0.3) is 0 Å². The van der Waals surface area contributed by atoms with E-state index in [0.717, 1.165) is 86.4 Å². The van der Waals surface area contributed by atoms with Gasteiger partial charge < -0.3 is 36.2 Å². The maximum atomic E-state index is 5.77. The third-order valence-electron chi connectivity index (χ3n) is 8.72. The minimum absolute atomic E-state index is 0.0805. The first kappa shape index (κ1) is 35.4. The maximum Gasteiger partial charge on any atom is 0.500 e.